The molecule has 0 aromatic carbocycles. The van der Waals surface area contributed by atoms with Gasteiger partial charge in [0.05, 0.1) is 0 Å². The molecular weight excluding hydrogens is 180 g/mol. The molecule has 1 unspecified atom stereocenters. The van der Waals surface area contributed by atoms with Crippen molar-refractivity contribution < 1.29 is 4.43 Å². The summed E-state index contributed by atoms with van der Waals surface area (Å²) < 4.78 is 5.69. The summed E-state index contributed by atoms with van der Waals surface area (Å²) in [6, 6.07) is 0. The van der Waals surface area contributed by atoms with E-state index < -0.39 is 0 Å². The Hall–Kier alpha value is 0.0969. The topological polar surface area (TPSA) is 33.3 Å². The van der Waals surface area contributed by atoms with Gasteiger partial charge in [0.2, 0.25) is 0 Å². The summed E-state index contributed by atoms with van der Waals surface area (Å²) in [7, 11) is 0.752. The van der Waals surface area contributed by atoms with E-state index in [0.29, 0.717) is 5.92 Å². The average Bonchev–Trinajstić information content (AvgIpc) is 2.16. The van der Waals surface area contributed by atoms with Crippen LogP contribution in [0.25, 0.3) is 0 Å². The van der Waals surface area contributed by atoms with Gasteiger partial charge in [0.25, 0.3) is 0 Å². The minimum Gasteiger partial charge on any atom is -0.399 e. The minimum absolute atomic E-state index is 0.287. The summed E-state index contributed by atoms with van der Waals surface area (Å²) in [6.45, 7) is 10.5. The lowest BCUT2D eigenvalue weighted by atomic mass is 10.0. The van der Waals surface area contributed by atoms with Crippen LogP contribution in [0.1, 0.15) is 34.1 Å². The van der Waals surface area contributed by atoms with Gasteiger partial charge >= 0.3 is 0 Å². The minimum atomic E-state index is -0.287. The predicted octanol–water partition coefficient (Wildman–Crippen LogP) is 0.202. The molecule has 0 rings (SSSR count). The lowest BCUT2D eigenvalue weighted by molar-refractivity contribution is -0.0421. The molecule has 3 nitrogen and oxygen atoms in total. The third kappa shape index (κ3) is 3.38. The molecule has 0 aromatic heterocycles. The highest BCUT2D eigenvalue weighted by Crippen LogP contribution is 2.17. The number of rotatable bonds is 7. The Balaban J connectivity index is 4.42. The van der Waals surface area contributed by atoms with E-state index in [1.54, 1.807) is 0 Å². The molecule has 0 saturated heterocycles. The predicted molar refractivity (Wildman–Crippen MR) is 60.6 cm³/mol. The van der Waals surface area contributed by atoms with E-state index in [-0.39, 0.29) is 5.85 Å². The molecule has 0 aliphatic rings. The number of nitrogens with one attached hydrogen (secondary N) is 2. The molecule has 0 amide bonds. The monoisotopic (exact) mass is 204 g/mol. The maximum Gasteiger partial charge on any atom is 0.166 e. The summed E-state index contributed by atoms with van der Waals surface area (Å²) in [5.74, 6) is 0.203. The van der Waals surface area contributed by atoms with E-state index in [9.17, 15) is 0 Å². The normalized spacial score (nSPS) is 14.8. The second kappa shape index (κ2) is 6.54. The van der Waals surface area contributed by atoms with Crippen LogP contribution in [0.2, 0.25) is 0 Å². The van der Waals surface area contributed by atoms with E-state index in [2.05, 4.69) is 38.3 Å². The molecule has 80 valence electrons. The zero-order chi connectivity index (χ0) is 10.3. The Labute approximate surface area is 85.2 Å². The van der Waals surface area contributed by atoms with Crippen LogP contribution in [-0.4, -0.2) is 29.4 Å². The average molecular weight is 204 g/mol. The van der Waals surface area contributed by atoms with E-state index in [1.807, 2.05) is 0 Å². The van der Waals surface area contributed by atoms with Gasteiger partial charge in [0, 0.05) is 5.92 Å². The smallest absolute Gasteiger partial charge is 0.166 e. The Morgan fingerprint density at radius 1 is 1.23 bits per heavy atom. The van der Waals surface area contributed by atoms with Crippen LogP contribution in [0.4, 0.5) is 0 Å². The molecule has 0 bridgehead atoms. The summed E-state index contributed by atoms with van der Waals surface area (Å²) in [5, 5.41) is 6.80. The molecule has 0 spiro atoms. The Morgan fingerprint density at radius 3 is 1.92 bits per heavy atom. The van der Waals surface area contributed by atoms with Gasteiger partial charge in [0.1, 0.15) is 10.5 Å². The zero-order valence-corrected chi connectivity index (χ0v) is 11.6. The first-order valence-corrected chi connectivity index (χ1v) is 6.03. The van der Waals surface area contributed by atoms with Crippen molar-refractivity contribution in [1.29, 1.82) is 0 Å². The lowest BCUT2D eigenvalue weighted by Gasteiger charge is -2.39. The molecule has 0 fully saturated rings. The molecule has 13 heavy (non-hydrogen) atoms. The first-order valence-electron chi connectivity index (χ1n) is 5.22. The molecule has 0 aliphatic carbocycles. The summed E-state index contributed by atoms with van der Waals surface area (Å²) in [5.41, 5.74) is 0. The largest absolute Gasteiger partial charge is 0.399 e. The van der Waals surface area contributed by atoms with Crippen LogP contribution in [0.5, 0.6) is 0 Å². The number of hydrogen-bond donors (Lipinski definition) is 2. The zero-order valence-electron chi connectivity index (χ0n) is 9.61. The highest BCUT2D eigenvalue weighted by atomic mass is 28.2. The molecule has 0 aliphatic heterocycles. The molecule has 0 saturated carbocycles. The van der Waals surface area contributed by atoms with Crippen molar-refractivity contribution in [3.8, 4) is 0 Å². The van der Waals surface area contributed by atoms with E-state index >= 15 is 0 Å². The number of hydrogen-bond acceptors (Lipinski definition) is 3. The fraction of sp³-hybridized carbons (Fsp3) is 1.00. The first kappa shape index (κ1) is 13.1. The molecule has 4 heteroatoms. The van der Waals surface area contributed by atoms with Crippen LogP contribution in [0, 0.1) is 5.92 Å². The van der Waals surface area contributed by atoms with E-state index in [0.717, 1.165) is 30.0 Å². The van der Waals surface area contributed by atoms with Gasteiger partial charge in [-0.15, -0.1) is 0 Å². The maximum atomic E-state index is 5.69. The van der Waals surface area contributed by atoms with Gasteiger partial charge < -0.3 is 4.43 Å². The van der Waals surface area contributed by atoms with Gasteiger partial charge in [-0.3, -0.25) is 10.6 Å². The standard InChI is InChI=1S/C9H24N2OSi/c1-5-8(4)9(12-13,10-6-2)11-7-3/h8,10-11H,5-7H2,1-4,13H3. The SMILES string of the molecule is CCNC(NCC)(O[SiH3])C(C)CC. The van der Waals surface area contributed by atoms with Gasteiger partial charge in [-0.25, -0.2) is 0 Å². The molecular formula is C9H24N2OSi. The Kier molecular flexibility index (Phi) is 6.58. The van der Waals surface area contributed by atoms with Crippen molar-refractivity contribution >= 4 is 10.5 Å². The van der Waals surface area contributed by atoms with Crippen molar-refractivity contribution in [2.75, 3.05) is 13.1 Å². The Morgan fingerprint density at radius 2 is 1.69 bits per heavy atom. The van der Waals surface area contributed by atoms with Crippen molar-refractivity contribution in [2.45, 2.75) is 40.0 Å². The van der Waals surface area contributed by atoms with Crippen LogP contribution >= 0.6 is 0 Å². The lowest BCUT2D eigenvalue weighted by Crippen LogP contribution is -2.62. The van der Waals surface area contributed by atoms with Crippen molar-refractivity contribution in [3.63, 3.8) is 0 Å². The highest BCUT2D eigenvalue weighted by molar-refractivity contribution is 5.98. The molecule has 2 N–H and O–H groups in total. The summed E-state index contributed by atoms with van der Waals surface area (Å²) in [6.07, 6.45) is 1.11. The Bertz CT molecular complexity index is 127. The van der Waals surface area contributed by atoms with Crippen LogP contribution < -0.4 is 10.6 Å². The summed E-state index contributed by atoms with van der Waals surface area (Å²) >= 11 is 0. The molecule has 0 aromatic rings. The van der Waals surface area contributed by atoms with E-state index in [4.69, 9.17) is 4.43 Å². The maximum absolute atomic E-state index is 5.69. The van der Waals surface area contributed by atoms with Crippen LogP contribution in [0.15, 0.2) is 0 Å². The molecule has 0 heterocycles. The second-order valence-electron chi connectivity index (χ2n) is 3.31. The van der Waals surface area contributed by atoms with Gasteiger partial charge in [-0.05, 0) is 19.5 Å². The third-order valence-corrected chi connectivity index (χ3v) is 3.15. The van der Waals surface area contributed by atoms with Crippen LogP contribution in [-0.2, 0) is 4.43 Å². The highest BCUT2D eigenvalue weighted by Gasteiger charge is 2.32. The summed E-state index contributed by atoms with van der Waals surface area (Å²) in [4.78, 5) is 0. The van der Waals surface area contributed by atoms with Gasteiger partial charge in [-0.1, -0.05) is 27.7 Å². The van der Waals surface area contributed by atoms with Gasteiger partial charge in [-0.2, -0.15) is 0 Å². The fourth-order valence-electron chi connectivity index (χ4n) is 1.57. The molecule has 1 atom stereocenters. The third-order valence-electron chi connectivity index (χ3n) is 2.51. The first-order chi connectivity index (χ1) is 6.16. The van der Waals surface area contributed by atoms with E-state index in [1.165, 1.54) is 0 Å². The van der Waals surface area contributed by atoms with Crippen molar-refractivity contribution in [1.82, 2.24) is 10.6 Å². The van der Waals surface area contributed by atoms with Crippen LogP contribution in [0.3, 0.4) is 0 Å². The quantitative estimate of drug-likeness (QED) is 0.459. The second-order valence-corrected chi connectivity index (χ2v) is 3.72. The molecule has 0 radical (unpaired) electrons. The van der Waals surface area contributed by atoms with Crippen molar-refractivity contribution in [3.05, 3.63) is 0 Å². The van der Waals surface area contributed by atoms with Crippen molar-refractivity contribution in [2.24, 2.45) is 5.92 Å². The fourth-order valence-corrected chi connectivity index (χ4v) is 2.26. The van der Waals surface area contributed by atoms with Gasteiger partial charge in [0.15, 0.2) is 5.85 Å².